The van der Waals surface area contributed by atoms with E-state index < -0.39 is 0 Å². The molecule has 0 atom stereocenters. The smallest absolute Gasteiger partial charge is 0.271 e. The molecule has 21 heavy (non-hydrogen) atoms. The molecule has 4 nitrogen and oxygen atoms in total. The number of amides is 1. The van der Waals surface area contributed by atoms with Crippen molar-refractivity contribution in [2.45, 2.75) is 6.92 Å². The lowest BCUT2D eigenvalue weighted by molar-refractivity contribution is 0.0955. The largest absolute Gasteiger partial charge is 0.361 e. The molecule has 2 aromatic carbocycles. The summed E-state index contributed by atoms with van der Waals surface area (Å²) < 4.78 is 0. The van der Waals surface area contributed by atoms with Gasteiger partial charge in [-0.05, 0) is 25.1 Å². The Morgan fingerprint density at radius 2 is 1.90 bits per heavy atom. The maximum Gasteiger partial charge on any atom is 0.271 e. The molecular weight excluding hydrogens is 262 g/mol. The third-order valence-corrected chi connectivity index (χ3v) is 3.30. The first-order valence-electron chi connectivity index (χ1n) is 6.70. The number of benzene rings is 2. The molecular formula is C17H15N3O. The van der Waals surface area contributed by atoms with Crippen molar-refractivity contribution in [2.24, 2.45) is 5.10 Å². The summed E-state index contributed by atoms with van der Waals surface area (Å²) in [6.45, 7) is 1.98. The van der Waals surface area contributed by atoms with Gasteiger partial charge in [0.05, 0.1) is 6.21 Å². The van der Waals surface area contributed by atoms with Crippen LogP contribution in [-0.4, -0.2) is 17.1 Å². The second-order valence-electron chi connectivity index (χ2n) is 4.85. The number of H-pyrrole nitrogens is 1. The predicted molar refractivity (Wildman–Crippen MR) is 84.5 cm³/mol. The number of carbonyl (C=O) groups is 1. The number of hydrogen-bond acceptors (Lipinski definition) is 2. The number of nitrogens with one attached hydrogen (secondary N) is 2. The van der Waals surface area contributed by atoms with Crippen LogP contribution in [0, 0.1) is 6.92 Å². The maximum absolute atomic E-state index is 11.9. The Morgan fingerprint density at radius 1 is 1.14 bits per heavy atom. The Morgan fingerprint density at radius 3 is 2.71 bits per heavy atom. The molecule has 1 amide bonds. The number of carbonyl (C=O) groups excluding carboxylic acids is 1. The van der Waals surface area contributed by atoms with Gasteiger partial charge in [-0.2, -0.15) is 5.10 Å². The summed E-state index contributed by atoms with van der Waals surface area (Å²) in [5.41, 5.74) is 6.24. The van der Waals surface area contributed by atoms with E-state index in [0.717, 1.165) is 22.0 Å². The standard InChI is InChI=1S/C17H15N3O/c1-12-6-8-13(9-7-12)17(21)20-19-11-14-10-18-16-5-3-2-4-15(14)16/h2-11,18H,1H3,(H,20,21)/b19-11+. The molecule has 1 heterocycles. The second-order valence-corrected chi connectivity index (χ2v) is 4.85. The minimum Gasteiger partial charge on any atom is -0.361 e. The highest BCUT2D eigenvalue weighted by Gasteiger charge is 2.03. The molecule has 3 rings (SSSR count). The van der Waals surface area contributed by atoms with Gasteiger partial charge in [0.15, 0.2) is 0 Å². The van der Waals surface area contributed by atoms with Gasteiger partial charge in [-0.3, -0.25) is 4.79 Å². The zero-order chi connectivity index (χ0) is 14.7. The quantitative estimate of drug-likeness (QED) is 0.560. The van der Waals surface area contributed by atoms with Crippen LogP contribution in [0.3, 0.4) is 0 Å². The first kappa shape index (κ1) is 13.1. The molecule has 0 aliphatic heterocycles. The minimum absolute atomic E-state index is 0.217. The van der Waals surface area contributed by atoms with Gasteiger partial charge in [-0.1, -0.05) is 35.9 Å². The highest BCUT2D eigenvalue weighted by molar-refractivity contribution is 6.00. The summed E-state index contributed by atoms with van der Waals surface area (Å²) in [5, 5.41) is 5.09. The first-order chi connectivity index (χ1) is 10.2. The molecule has 104 valence electrons. The Bertz CT molecular complexity index is 800. The lowest BCUT2D eigenvalue weighted by Crippen LogP contribution is -2.17. The number of aryl methyl sites for hydroxylation is 1. The monoisotopic (exact) mass is 277 g/mol. The summed E-state index contributed by atoms with van der Waals surface area (Å²) in [7, 11) is 0. The van der Waals surface area contributed by atoms with Crippen LogP contribution in [0.4, 0.5) is 0 Å². The van der Waals surface area contributed by atoms with E-state index >= 15 is 0 Å². The highest BCUT2D eigenvalue weighted by atomic mass is 16.2. The topological polar surface area (TPSA) is 57.2 Å². The van der Waals surface area contributed by atoms with E-state index in [1.807, 2.05) is 49.5 Å². The number of nitrogens with zero attached hydrogens (tertiary/aromatic N) is 1. The first-order valence-corrected chi connectivity index (χ1v) is 6.70. The van der Waals surface area contributed by atoms with Crippen molar-refractivity contribution in [3.8, 4) is 0 Å². The van der Waals surface area contributed by atoms with Crippen LogP contribution >= 0.6 is 0 Å². The van der Waals surface area contributed by atoms with Gasteiger partial charge >= 0.3 is 0 Å². The van der Waals surface area contributed by atoms with Crippen molar-refractivity contribution in [1.29, 1.82) is 0 Å². The summed E-state index contributed by atoms with van der Waals surface area (Å²) in [4.78, 5) is 15.1. The predicted octanol–water partition coefficient (Wildman–Crippen LogP) is 3.24. The Hall–Kier alpha value is -2.88. The van der Waals surface area contributed by atoms with E-state index in [9.17, 15) is 4.79 Å². The third kappa shape index (κ3) is 2.84. The van der Waals surface area contributed by atoms with Crippen LogP contribution in [0.1, 0.15) is 21.5 Å². The fourth-order valence-corrected chi connectivity index (χ4v) is 2.13. The summed E-state index contributed by atoms with van der Waals surface area (Å²) in [5.74, 6) is -0.217. The van der Waals surface area contributed by atoms with Crippen LogP contribution in [-0.2, 0) is 0 Å². The highest BCUT2D eigenvalue weighted by Crippen LogP contribution is 2.15. The summed E-state index contributed by atoms with van der Waals surface area (Å²) in [6.07, 6.45) is 3.51. The van der Waals surface area contributed by atoms with E-state index in [2.05, 4.69) is 15.5 Å². The zero-order valence-electron chi connectivity index (χ0n) is 11.6. The number of hydrazone groups is 1. The van der Waals surface area contributed by atoms with Crippen LogP contribution in [0.5, 0.6) is 0 Å². The molecule has 3 aromatic rings. The second kappa shape index (κ2) is 5.63. The van der Waals surface area contributed by atoms with E-state index in [-0.39, 0.29) is 5.91 Å². The molecule has 0 radical (unpaired) electrons. The number of rotatable bonds is 3. The molecule has 4 heteroatoms. The Kier molecular flexibility index (Phi) is 3.51. The van der Waals surface area contributed by atoms with Gasteiger partial charge in [0.25, 0.3) is 5.91 Å². The van der Waals surface area contributed by atoms with Gasteiger partial charge in [0.2, 0.25) is 0 Å². The van der Waals surface area contributed by atoms with E-state index in [1.54, 1.807) is 18.3 Å². The minimum atomic E-state index is -0.217. The van der Waals surface area contributed by atoms with Crippen LogP contribution in [0.15, 0.2) is 59.8 Å². The van der Waals surface area contributed by atoms with Gasteiger partial charge < -0.3 is 4.98 Å². The molecule has 0 aliphatic rings. The molecule has 2 N–H and O–H groups in total. The number of aromatic nitrogens is 1. The number of hydrogen-bond donors (Lipinski definition) is 2. The van der Waals surface area contributed by atoms with Gasteiger partial charge in [0, 0.05) is 28.2 Å². The Balaban J connectivity index is 1.72. The normalized spacial score (nSPS) is 11.1. The van der Waals surface area contributed by atoms with Crippen LogP contribution in [0.25, 0.3) is 10.9 Å². The SMILES string of the molecule is Cc1ccc(C(=O)N/N=C/c2c[nH]c3ccccc23)cc1. The van der Waals surface area contributed by atoms with Crippen molar-refractivity contribution in [3.63, 3.8) is 0 Å². The van der Waals surface area contributed by atoms with Crippen molar-refractivity contribution in [1.82, 2.24) is 10.4 Å². The summed E-state index contributed by atoms with van der Waals surface area (Å²) in [6, 6.07) is 15.3. The molecule has 0 bridgehead atoms. The molecule has 0 unspecified atom stereocenters. The molecule has 0 fully saturated rings. The van der Waals surface area contributed by atoms with E-state index in [1.165, 1.54) is 0 Å². The lowest BCUT2D eigenvalue weighted by atomic mass is 10.1. The van der Waals surface area contributed by atoms with Gasteiger partial charge in [-0.15, -0.1) is 0 Å². The van der Waals surface area contributed by atoms with Gasteiger partial charge in [-0.25, -0.2) is 5.43 Å². The number of para-hydroxylation sites is 1. The zero-order valence-corrected chi connectivity index (χ0v) is 11.6. The van der Waals surface area contributed by atoms with Crippen molar-refractivity contribution >= 4 is 23.0 Å². The maximum atomic E-state index is 11.9. The molecule has 1 aromatic heterocycles. The lowest BCUT2D eigenvalue weighted by Gasteiger charge is -1.99. The van der Waals surface area contributed by atoms with Crippen molar-refractivity contribution in [3.05, 3.63) is 71.4 Å². The molecule has 0 saturated heterocycles. The fourth-order valence-electron chi connectivity index (χ4n) is 2.13. The average Bonchev–Trinajstić information content (AvgIpc) is 2.91. The third-order valence-electron chi connectivity index (χ3n) is 3.30. The van der Waals surface area contributed by atoms with Crippen LogP contribution in [0.2, 0.25) is 0 Å². The van der Waals surface area contributed by atoms with Gasteiger partial charge in [0.1, 0.15) is 0 Å². The number of fused-ring (bicyclic) bond motifs is 1. The molecule has 0 aliphatic carbocycles. The number of aromatic amines is 1. The fraction of sp³-hybridized carbons (Fsp3) is 0.0588. The van der Waals surface area contributed by atoms with E-state index in [0.29, 0.717) is 5.56 Å². The average molecular weight is 277 g/mol. The molecule has 0 saturated carbocycles. The van der Waals surface area contributed by atoms with Crippen molar-refractivity contribution in [2.75, 3.05) is 0 Å². The Labute approximate surface area is 122 Å². The summed E-state index contributed by atoms with van der Waals surface area (Å²) >= 11 is 0. The van der Waals surface area contributed by atoms with E-state index in [4.69, 9.17) is 0 Å². The van der Waals surface area contributed by atoms with Crippen molar-refractivity contribution < 1.29 is 4.79 Å². The molecule has 0 spiro atoms. The van der Waals surface area contributed by atoms with Crippen LogP contribution < -0.4 is 5.43 Å².